The molecule has 1 amide bonds. The van der Waals surface area contributed by atoms with E-state index in [0.29, 0.717) is 39.0 Å². The van der Waals surface area contributed by atoms with E-state index in [0.717, 1.165) is 17.0 Å². The zero-order valence-corrected chi connectivity index (χ0v) is 17.2. The first kappa shape index (κ1) is 18.8. The van der Waals surface area contributed by atoms with E-state index in [4.69, 9.17) is 4.42 Å². The monoisotopic (exact) mass is 413 g/mol. The van der Waals surface area contributed by atoms with Gasteiger partial charge in [-0.2, -0.15) is 10.2 Å². The number of carbonyl (C=O) groups excluding carboxylic acids is 1. The average Bonchev–Trinajstić information content (AvgIpc) is 3.33. The van der Waals surface area contributed by atoms with Gasteiger partial charge in [-0.25, -0.2) is 0 Å². The Balaban J connectivity index is 1.47. The molecule has 0 saturated carbocycles. The van der Waals surface area contributed by atoms with Crippen LogP contribution in [0.3, 0.4) is 0 Å². The number of aromatic nitrogens is 4. The summed E-state index contributed by atoms with van der Waals surface area (Å²) in [4.78, 5) is 25.6. The van der Waals surface area contributed by atoms with Crippen LogP contribution in [0.4, 0.5) is 5.69 Å². The highest BCUT2D eigenvalue weighted by atomic mass is 16.3. The summed E-state index contributed by atoms with van der Waals surface area (Å²) in [5.74, 6) is -0.359. The number of anilines is 1. The van der Waals surface area contributed by atoms with Gasteiger partial charge in [0.05, 0.1) is 22.2 Å². The van der Waals surface area contributed by atoms with Crippen LogP contribution in [0.1, 0.15) is 21.9 Å². The maximum atomic E-state index is 12.8. The molecule has 0 aliphatic carbocycles. The van der Waals surface area contributed by atoms with Crippen molar-refractivity contribution >= 4 is 33.5 Å². The standard InChI is InChI=1S/C23H19N5O3/c1-12-21(13(2)28(3)27-12)17-11-18(26-25-17)23(30)24-14-8-9-20-16(10-14)22(29)15-6-4-5-7-19(15)31-20/h4-11H,1-3H3,(H,24,30)(H,25,26). The van der Waals surface area contributed by atoms with Crippen molar-refractivity contribution in [3.8, 4) is 11.3 Å². The summed E-state index contributed by atoms with van der Waals surface area (Å²) in [6.45, 7) is 3.86. The molecule has 0 unspecified atom stereocenters. The number of para-hydroxylation sites is 1. The van der Waals surface area contributed by atoms with Crippen molar-refractivity contribution in [3.05, 3.63) is 75.8 Å². The Morgan fingerprint density at radius 2 is 1.84 bits per heavy atom. The number of fused-ring (bicyclic) bond motifs is 2. The third kappa shape index (κ3) is 3.09. The van der Waals surface area contributed by atoms with Crippen molar-refractivity contribution in [2.75, 3.05) is 5.32 Å². The summed E-state index contributed by atoms with van der Waals surface area (Å²) in [5.41, 5.74) is 5.01. The Morgan fingerprint density at radius 1 is 1.06 bits per heavy atom. The molecule has 0 fully saturated rings. The summed E-state index contributed by atoms with van der Waals surface area (Å²) < 4.78 is 7.59. The fourth-order valence-electron chi connectivity index (χ4n) is 3.79. The van der Waals surface area contributed by atoms with E-state index in [1.54, 1.807) is 47.1 Å². The predicted molar refractivity (Wildman–Crippen MR) is 118 cm³/mol. The number of hydrogen-bond acceptors (Lipinski definition) is 5. The first-order valence-corrected chi connectivity index (χ1v) is 9.75. The predicted octanol–water partition coefficient (Wildman–Crippen LogP) is 3.94. The fraction of sp³-hybridized carbons (Fsp3) is 0.130. The van der Waals surface area contributed by atoms with Gasteiger partial charge in [0, 0.05) is 24.0 Å². The highest BCUT2D eigenvalue weighted by Gasteiger charge is 2.17. The van der Waals surface area contributed by atoms with E-state index in [1.807, 2.05) is 27.0 Å². The van der Waals surface area contributed by atoms with E-state index in [9.17, 15) is 9.59 Å². The van der Waals surface area contributed by atoms with Gasteiger partial charge >= 0.3 is 0 Å². The smallest absolute Gasteiger partial charge is 0.273 e. The Labute approximate surface area is 176 Å². The summed E-state index contributed by atoms with van der Waals surface area (Å²) >= 11 is 0. The van der Waals surface area contributed by atoms with Gasteiger partial charge in [-0.15, -0.1) is 0 Å². The number of amides is 1. The molecular formula is C23H19N5O3. The highest BCUT2D eigenvalue weighted by molar-refractivity contribution is 6.04. The first-order valence-electron chi connectivity index (χ1n) is 9.75. The van der Waals surface area contributed by atoms with Crippen LogP contribution in [0.5, 0.6) is 0 Å². The quantitative estimate of drug-likeness (QED) is 0.436. The fourth-order valence-corrected chi connectivity index (χ4v) is 3.79. The van der Waals surface area contributed by atoms with Crippen molar-refractivity contribution in [1.82, 2.24) is 20.0 Å². The molecule has 154 valence electrons. The van der Waals surface area contributed by atoms with Gasteiger partial charge in [0.2, 0.25) is 5.43 Å². The minimum Gasteiger partial charge on any atom is -0.456 e. The zero-order chi connectivity index (χ0) is 21.7. The number of aryl methyl sites for hydroxylation is 2. The number of hydrogen-bond donors (Lipinski definition) is 2. The Hall–Kier alpha value is -4.20. The zero-order valence-electron chi connectivity index (χ0n) is 17.2. The topological polar surface area (TPSA) is 106 Å². The average molecular weight is 413 g/mol. The lowest BCUT2D eigenvalue weighted by atomic mass is 10.1. The molecule has 2 N–H and O–H groups in total. The summed E-state index contributed by atoms with van der Waals surface area (Å²) in [6, 6.07) is 13.8. The number of aromatic amines is 1. The molecule has 3 aromatic heterocycles. The number of nitrogens with zero attached hydrogens (tertiary/aromatic N) is 3. The molecule has 5 aromatic rings. The van der Waals surface area contributed by atoms with Crippen molar-refractivity contribution in [2.45, 2.75) is 13.8 Å². The van der Waals surface area contributed by atoms with Gasteiger partial charge < -0.3 is 9.73 Å². The lowest BCUT2D eigenvalue weighted by molar-refractivity contribution is 0.102. The Morgan fingerprint density at radius 3 is 2.61 bits per heavy atom. The maximum Gasteiger partial charge on any atom is 0.273 e. The highest BCUT2D eigenvalue weighted by Crippen LogP contribution is 2.26. The van der Waals surface area contributed by atoms with Crippen molar-refractivity contribution in [3.63, 3.8) is 0 Å². The van der Waals surface area contributed by atoms with Gasteiger partial charge in [-0.05, 0) is 50.2 Å². The van der Waals surface area contributed by atoms with Crippen LogP contribution in [0.15, 0.2) is 57.7 Å². The van der Waals surface area contributed by atoms with Crippen LogP contribution in [-0.2, 0) is 7.05 Å². The molecule has 0 radical (unpaired) electrons. The second-order valence-corrected chi connectivity index (χ2v) is 7.43. The van der Waals surface area contributed by atoms with Gasteiger partial charge in [0.15, 0.2) is 0 Å². The Kier molecular flexibility index (Phi) is 4.21. The number of rotatable bonds is 3. The summed E-state index contributed by atoms with van der Waals surface area (Å²) in [5, 5.41) is 15.2. The summed E-state index contributed by atoms with van der Waals surface area (Å²) in [6.07, 6.45) is 0. The lowest BCUT2D eigenvalue weighted by Crippen LogP contribution is -2.13. The molecule has 0 saturated heterocycles. The van der Waals surface area contributed by atoms with Crippen LogP contribution in [0.25, 0.3) is 33.2 Å². The molecule has 0 atom stereocenters. The molecule has 8 nitrogen and oxygen atoms in total. The normalized spacial score (nSPS) is 11.3. The molecular weight excluding hydrogens is 394 g/mol. The molecule has 0 aliphatic rings. The van der Waals surface area contributed by atoms with E-state index in [1.165, 1.54) is 0 Å². The molecule has 0 aliphatic heterocycles. The molecule has 3 heterocycles. The van der Waals surface area contributed by atoms with E-state index >= 15 is 0 Å². The number of benzene rings is 2. The van der Waals surface area contributed by atoms with Gasteiger partial charge in [-0.1, -0.05) is 12.1 Å². The third-order valence-electron chi connectivity index (χ3n) is 5.42. The molecule has 2 aromatic carbocycles. The molecule has 31 heavy (non-hydrogen) atoms. The minimum atomic E-state index is -0.359. The Bertz CT molecular complexity index is 1540. The van der Waals surface area contributed by atoms with Gasteiger partial charge in [-0.3, -0.25) is 19.4 Å². The van der Waals surface area contributed by atoms with Gasteiger partial charge in [0.25, 0.3) is 5.91 Å². The SMILES string of the molecule is Cc1nn(C)c(C)c1-c1cc(C(=O)Nc2ccc3oc4ccccc4c(=O)c3c2)[nH]n1. The minimum absolute atomic E-state index is 0.140. The first-order chi connectivity index (χ1) is 14.9. The van der Waals surface area contributed by atoms with Crippen molar-refractivity contribution in [2.24, 2.45) is 7.05 Å². The van der Waals surface area contributed by atoms with Crippen molar-refractivity contribution < 1.29 is 9.21 Å². The van der Waals surface area contributed by atoms with Crippen LogP contribution < -0.4 is 10.7 Å². The van der Waals surface area contributed by atoms with Gasteiger partial charge in [0.1, 0.15) is 16.9 Å². The van der Waals surface area contributed by atoms with Crippen molar-refractivity contribution in [1.29, 1.82) is 0 Å². The van der Waals surface area contributed by atoms with E-state index < -0.39 is 0 Å². The van der Waals surface area contributed by atoms with Crippen LogP contribution >= 0.6 is 0 Å². The summed E-state index contributed by atoms with van der Waals surface area (Å²) in [7, 11) is 1.87. The number of nitrogens with one attached hydrogen (secondary N) is 2. The van der Waals surface area contributed by atoms with E-state index in [2.05, 4.69) is 20.6 Å². The lowest BCUT2D eigenvalue weighted by Gasteiger charge is -2.06. The molecule has 8 heteroatoms. The maximum absolute atomic E-state index is 12.8. The van der Waals surface area contributed by atoms with E-state index in [-0.39, 0.29) is 11.3 Å². The number of carbonyl (C=O) groups is 1. The van der Waals surface area contributed by atoms with Crippen LogP contribution in [0, 0.1) is 13.8 Å². The molecule has 0 spiro atoms. The van der Waals surface area contributed by atoms with Crippen LogP contribution in [0.2, 0.25) is 0 Å². The third-order valence-corrected chi connectivity index (χ3v) is 5.42. The molecule has 5 rings (SSSR count). The molecule has 0 bridgehead atoms. The second-order valence-electron chi connectivity index (χ2n) is 7.43. The number of H-pyrrole nitrogens is 1. The largest absolute Gasteiger partial charge is 0.456 e. The van der Waals surface area contributed by atoms with Crippen LogP contribution in [-0.4, -0.2) is 25.9 Å². The second kappa shape index (κ2) is 6.94.